The van der Waals surface area contributed by atoms with E-state index in [9.17, 15) is 0 Å². The molecule has 0 N–H and O–H groups in total. The number of benzene rings is 2. The summed E-state index contributed by atoms with van der Waals surface area (Å²) in [6.07, 6.45) is 0. The molecule has 21 heavy (non-hydrogen) atoms. The second kappa shape index (κ2) is 6.14. The van der Waals surface area contributed by atoms with E-state index < -0.39 is 8.80 Å². The van der Waals surface area contributed by atoms with Crippen molar-refractivity contribution >= 4 is 14.0 Å². The van der Waals surface area contributed by atoms with Gasteiger partial charge in [-0.2, -0.15) is 0 Å². The maximum absolute atomic E-state index is 5.63. The van der Waals surface area contributed by atoms with E-state index in [1.165, 1.54) is 33.0 Å². The predicted molar refractivity (Wildman–Crippen MR) is 88.2 cm³/mol. The number of rotatable bonds is 4. The number of fused-ring (bicyclic) bond motifs is 1. The lowest BCUT2D eigenvalue weighted by Crippen LogP contribution is -2.22. The minimum Gasteiger partial charge on any atom is -0.380 e. The summed E-state index contributed by atoms with van der Waals surface area (Å²) in [5.41, 5.74) is 6.53. The first-order valence-electron chi connectivity index (χ1n) is 7.32. The largest absolute Gasteiger partial charge is 0.380 e. The van der Waals surface area contributed by atoms with E-state index in [-0.39, 0.29) is 0 Å². The zero-order valence-electron chi connectivity index (χ0n) is 12.9. The average Bonchev–Trinajstić information content (AvgIpc) is 2.96. The van der Waals surface area contributed by atoms with Crippen LogP contribution in [0.3, 0.4) is 0 Å². The van der Waals surface area contributed by atoms with Gasteiger partial charge in [0, 0.05) is 7.11 Å². The molecular formula is C18H21O2Si. The van der Waals surface area contributed by atoms with Gasteiger partial charge in [-0.15, -0.1) is 0 Å². The Morgan fingerprint density at radius 2 is 1.95 bits per heavy atom. The summed E-state index contributed by atoms with van der Waals surface area (Å²) in [4.78, 5) is 0. The molecule has 2 nitrogen and oxygen atoms in total. The molecule has 2 aromatic rings. The van der Waals surface area contributed by atoms with Crippen LogP contribution in [0.15, 0.2) is 36.4 Å². The molecule has 0 aliphatic carbocycles. The van der Waals surface area contributed by atoms with Gasteiger partial charge in [0.05, 0.1) is 28.6 Å². The Morgan fingerprint density at radius 3 is 2.71 bits per heavy atom. The van der Waals surface area contributed by atoms with Crippen molar-refractivity contribution in [2.45, 2.75) is 32.9 Å². The number of hydrogen-bond acceptors (Lipinski definition) is 2. The molecule has 0 saturated heterocycles. The molecule has 3 heteroatoms. The van der Waals surface area contributed by atoms with Crippen LogP contribution in [-0.2, 0) is 29.3 Å². The third-order valence-electron chi connectivity index (χ3n) is 4.05. The van der Waals surface area contributed by atoms with Gasteiger partial charge in [-0.1, -0.05) is 54.7 Å². The zero-order valence-corrected chi connectivity index (χ0v) is 13.9. The first kappa shape index (κ1) is 14.5. The van der Waals surface area contributed by atoms with E-state index in [0.717, 1.165) is 13.2 Å². The molecule has 0 atom stereocenters. The Labute approximate surface area is 128 Å². The van der Waals surface area contributed by atoms with Crippen LogP contribution in [0.1, 0.15) is 16.7 Å². The number of methoxy groups -OCH3 is 1. The Balaban J connectivity index is 2.16. The van der Waals surface area contributed by atoms with E-state index in [2.05, 4.69) is 49.5 Å². The molecule has 0 unspecified atom stereocenters. The molecule has 0 bridgehead atoms. The highest BCUT2D eigenvalue weighted by molar-refractivity contribution is 6.70. The predicted octanol–water partition coefficient (Wildman–Crippen LogP) is 3.49. The Bertz CT molecular complexity index is 650. The van der Waals surface area contributed by atoms with Crippen molar-refractivity contribution in [3.8, 4) is 11.1 Å². The molecule has 1 aliphatic rings. The molecule has 2 aromatic carbocycles. The summed E-state index contributed by atoms with van der Waals surface area (Å²) < 4.78 is 11.0. The Morgan fingerprint density at radius 1 is 1.10 bits per heavy atom. The van der Waals surface area contributed by atoms with E-state index in [1.807, 2.05) is 0 Å². The van der Waals surface area contributed by atoms with E-state index >= 15 is 0 Å². The van der Waals surface area contributed by atoms with Gasteiger partial charge in [-0.25, -0.2) is 0 Å². The monoisotopic (exact) mass is 297 g/mol. The van der Waals surface area contributed by atoms with Crippen molar-refractivity contribution in [1.82, 2.24) is 0 Å². The number of hydrogen-bond donors (Lipinski definition) is 0. The molecule has 0 saturated carbocycles. The van der Waals surface area contributed by atoms with Crippen molar-refractivity contribution < 1.29 is 9.47 Å². The smallest absolute Gasteiger partial charge is 0.0791 e. The van der Waals surface area contributed by atoms with Crippen molar-refractivity contribution in [2.75, 3.05) is 7.11 Å². The second-order valence-electron chi connectivity index (χ2n) is 5.74. The molecular weight excluding hydrogens is 276 g/mol. The summed E-state index contributed by atoms with van der Waals surface area (Å²) >= 11 is 0. The molecule has 0 spiro atoms. The van der Waals surface area contributed by atoms with Crippen molar-refractivity contribution in [1.29, 1.82) is 0 Å². The first-order valence-corrected chi connectivity index (χ1v) is 9.82. The standard InChI is InChI=1S/C18H21O2Si/c1-19-10-14-7-8-15(21(2)3)9-17(14)16-6-4-5-13-11-20-12-18(13)16/h4-9H,10-12H2,1-3H3. The van der Waals surface area contributed by atoms with E-state index in [0.29, 0.717) is 6.61 Å². The Kier molecular flexibility index (Phi) is 4.24. The highest BCUT2D eigenvalue weighted by Gasteiger charge is 2.18. The summed E-state index contributed by atoms with van der Waals surface area (Å²) in [5, 5.41) is 1.46. The molecule has 0 amide bonds. The van der Waals surface area contributed by atoms with Crippen LogP contribution in [0.25, 0.3) is 11.1 Å². The third-order valence-corrected chi connectivity index (χ3v) is 5.52. The van der Waals surface area contributed by atoms with Crippen LogP contribution >= 0.6 is 0 Å². The van der Waals surface area contributed by atoms with Gasteiger partial charge in [0.2, 0.25) is 0 Å². The summed E-state index contributed by atoms with van der Waals surface area (Å²) in [7, 11) is 1.30. The van der Waals surface area contributed by atoms with Crippen molar-refractivity contribution in [3.05, 3.63) is 53.1 Å². The topological polar surface area (TPSA) is 18.5 Å². The highest BCUT2D eigenvalue weighted by atomic mass is 28.3. The summed E-state index contributed by atoms with van der Waals surface area (Å²) in [5.74, 6) is 0. The van der Waals surface area contributed by atoms with Crippen molar-refractivity contribution in [2.24, 2.45) is 0 Å². The van der Waals surface area contributed by atoms with E-state index in [1.54, 1.807) is 7.11 Å². The molecule has 0 fully saturated rings. The molecule has 1 radical (unpaired) electrons. The molecule has 1 heterocycles. The van der Waals surface area contributed by atoms with Gasteiger partial charge < -0.3 is 9.47 Å². The normalized spacial score (nSPS) is 13.7. The van der Waals surface area contributed by atoms with Gasteiger partial charge in [-0.05, 0) is 27.8 Å². The zero-order chi connectivity index (χ0) is 14.8. The van der Waals surface area contributed by atoms with Gasteiger partial charge in [-0.3, -0.25) is 0 Å². The lowest BCUT2D eigenvalue weighted by molar-refractivity contribution is 0.134. The van der Waals surface area contributed by atoms with Crippen LogP contribution in [-0.4, -0.2) is 15.9 Å². The van der Waals surface area contributed by atoms with Crippen LogP contribution in [0, 0.1) is 0 Å². The van der Waals surface area contributed by atoms with E-state index in [4.69, 9.17) is 9.47 Å². The third kappa shape index (κ3) is 2.82. The highest BCUT2D eigenvalue weighted by Crippen LogP contribution is 2.33. The van der Waals surface area contributed by atoms with Gasteiger partial charge >= 0.3 is 0 Å². The van der Waals surface area contributed by atoms with Crippen molar-refractivity contribution in [3.63, 3.8) is 0 Å². The second-order valence-corrected chi connectivity index (χ2v) is 8.32. The fourth-order valence-electron chi connectivity index (χ4n) is 2.88. The average molecular weight is 297 g/mol. The Hall–Kier alpha value is -1.42. The van der Waals surface area contributed by atoms with Crippen LogP contribution in [0.4, 0.5) is 0 Å². The minimum absolute atomic E-state index is 0.458. The van der Waals surface area contributed by atoms with Gasteiger partial charge in [0.15, 0.2) is 0 Å². The maximum Gasteiger partial charge on any atom is 0.0791 e. The lowest BCUT2D eigenvalue weighted by atomic mass is 9.94. The fraction of sp³-hybridized carbons (Fsp3) is 0.333. The van der Waals surface area contributed by atoms with Crippen LogP contribution in [0.5, 0.6) is 0 Å². The fourth-order valence-corrected chi connectivity index (χ4v) is 3.72. The number of ether oxygens (including phenoxy) is 2. The molecule has 3 rings (SSSR count). The van der Waals surface area contributed by atoms with Gasteiger partial charge in [0.25, 0.3) is 0 Å². The molecule has 0 aromatic heterocycles. The molecule has 109 valence electrons. The van der Waals surface area contributed by atoms with Crippen LogP contribution < -0.4 is 5.19 Å². The summed E-state index contributed by atoms with van der Waals surface area (Å²) in [6, 6.07) is 13.4. The van der Waals surface area contributed by atoms with Crippen LogP contribution in [0.2, 0.25) is 13.1 Å². The lowest BCUT2D eigenvalue weighted by Gasteiger charge is -2.15. The quantitative estimate of drug-likeness (QED) is 0.804. The maximum atomic E-state index is 5.63. The SMILES string of the molecule is COCc1ccc([Si](C)C)cc1-c1cccc2c1COC2. The summed E-state index contributed by atoms with van der Waals surface area (Å²) in [6.45, 7) is 6.77. The van der Waals surface area contributed by atoms with Gasteiger partial charge in [0.1, 0.15) is 0 Å². The minimum atomic E-state index is -0.458. The first-order chi connectivity index (χ1) is 10.2. The molecule has 1 aliphatic heterocycles.